The molecule has 2 atom stereocenters. The van der Waals surface area contributed by atoms with E-state index in [9.17, 15) is 9.59 Å². The Balaban J connectivity index is 2.29. The highest BCUT2D eigenvalue weighted by atomic mass is 35.5. The molecule has 0 spiro atoms. The lowest BCUT2D eigenvalue weighted by atomic mass is 10.1. The molecular formula is C14H18ClN3O3. The van der Waals surface area contributed by atoms with Gasteiger partial charge in [0.05, 0.1) is 17.7 Å². The first kappa shape index (κ1) is 15.7. The van der Waals surface area contributed by atoms with Crippen molar-refractivity contribution in [3.05, 3.63) is 29.0 Å². The Kier molecular flexibility index (Phi) is 4.80. The molecule has 114 valence electrons. The van der Waals surface area contributed by atoms with Gasteiger partial charge in [0.1, 0.15) is 6.04 Å². The van der Waals surface area contributed by atoms with Crippen LogP contribution in [0.3, 0.4) is 0 Å². The molecule has 0 aliphatic carbocycles. The summed E-state index contributed by atoms with van der Waals surface area (Å²) < 4.78 is 4.81. The number of pyridine rings is 1. The predicted octanol–water partition coefficient (Wildman–Crippen LogP) is 1.05. The number of esters is 1. The van der Waals surface area contributed by atoms with Crippen molar-refractivity contribution >= 4 is 23.5 Å². The van der Waals surface area contributed by atoms with Crippen LogP contribution in [-0.4, -0.2) is 66.5 Å². The number of amides is 1. The number of methoxy groups -OCH3 is 1. The standard InChI is InChI=1S/C14H18ClN3O3/c1-17(2)9-6-12(14(20)21-3)18(8-9)13(19)10-4-5-16-7-11(10)15/h4-5,7,9,12H,6,8H2,1-3H3/t9-,12+/m1/s1. The summed E-state index contributed by atoms with van der Waals surface area (Å²) in [6.07, 6.45) is 3.47. The van der Waals surface area contributed by atoms with Crippen molar-refractivity contribution in [2.75, 3.05) is 27.7 Å². The zero-order valence-electron chi connectivity index (χ0n) is 12.2. The molecule has 0 saturated carbocycles. The molecule has 1 aliphatic heterocycles. The Morgan fingerprint density at radius 2 is 2.19 bits per heavy atom. The average Bonchev–Trinajstić information content (AvgIpc) is 2.91. The molecule has 1 fully saturated rings. The number of ether oxygens (including phenoxy) is 1. The second-order valence-electron chi connectivity index (χ2n) is 5.21. The van der Waals surface area contributed by atoms with Crippen LogP contribution in [0.1, 0.15) is 16.8 Å². The molecular weight excluding hydrogens is 294 g/mol. The Morgan fingerprint density at radius 1 is 1.48 bits per heavy atom. The highest BCUT2D eigenvalue weighted by Crippen LogP contribution is 2.26. The average molecular weight is 312 g/mol. The number of carbonyl (C=O) groups is 2. The summed E-state index contributed by atoms with van der Waals surface area (Å²) in [6, 6.07) is 1.08. The van der Waals surface area contributed by atoms with Crippen molar-refractivity contribution in [2.24, 2.45) is 0 Å². The van der Waals surface area contributed by atoms with Crippen LogP contribution in [-0.2, 0) is 9.53 Å². The van der Waals surface area contributed by atoms with Crippen molar-refractivity contribution in [3.8, 4) is 0 Å². The van der Waals surface area contributed by atoms with E-state index in [0.717, 1.165) is 0 Å². The minimum absolute atomic E-state index is 0.110. The van der Waals surface area contributed by atoms with Gasteiger partial charge in [-0.3, -0.25) is 9.78 Å². The zero-order valence-corrected chi connectivity index (χ0v) is 13.0. The summed E-state index contributed by atoms with van der Waals surface area (Å²) in [6.45, 7) is 0.463. The normalized spacial score (nSPS) is 21.7. The van der Waals surface area contributed by atoms with Crippen molar-refractivity contribution in [2.45, 2.75) is 18.5 Å². The van der Waals surface area contributed by atoms with E-state index in [1.54, 1.807) is 6.07 Å². The molecule has 21 heavy (non-hydrogen) atoms. The number of likely N-dealkylation sites (N-methyl/N-ethyl adjacent to an activating group) is 1. The second kappa shape index (κ2) is 6.41. The van der Waals surface area contributed by atoms with E-state index in [1.807, 2.05) is 19.0 Å². The number of rotatable bonds is 3. The van der Waals surface area contributed by atoms with Crippen LogP contribution < -0.4 is 0 Å². The lowest BCUT2D eigenvalue weighted by Gasteiger charge is -2.23. The Labute approximate surface area is 128 Å². The third-order valence-electron chi connectivity index (χ3n) is 3.75. The van der Waals surface area contributed by atoms with Gasteiger partial charge < -0.3 is 14.5 Å². The van der Waals surface area contributed by atoms with Gasteiger partial charge in [-0.2, -0.15) is 0 Å². The molecule has 1 aromatic heterocycles. The molecule has 1 amide bonds. The molecule has 2 rings (SSSR count). The number of halogens is 1. The molecule has 1 aliphatic rings. The van der Waals surface area contributed by atoms with Crippen molar-refractivity contribution in [1.82, 2.24) is 14.8 Å². The first-order chi connectivity index (χ1) is 9.95. The Hall–Kier alpha value is -1.66. The smallest absolute Gasteiger partial charge is 0.328 e. The molecule has 0 aromatic carbocycles. The first-order valence-electron chi connectivity index (χ1n) is 6.60. The quantitative estimate of drug-likeness (QED) is 0.781. The third-order valence-corrected chi connectivity index (χ3v) is 4.05. The highest BCUT2D eigenvalue weighted by molar-refractivity contribution is 6.33. The lowest BCUT2D eigenvalue weighted by molar-refractivity contribution is -0.145. The van der Waals surface area contributed by atoms with Crippen molar-refractivity contribution in [1.29, 1.82) is 0 Å². The van der Waals surface area contributed by atoms with E-state index in [0.29, 0.717) is 18.5 Å². The fraction of sp³-hybridized carbons (Fsp3) is 0.500. The van der Waals surface area contributed by atoms with Gasteiger partial charge in [0.2, 0.25) is 0 Å². The monoisotopic (exact) mass is 311 g/mol. The van der Waals surface area contributed by atoms with E-state index in [1.165, 1.54) is 24.4 Å². The van der Waals surface area contributed by atoms with Crippen LogP contribution in [0.25, 0.3) is 0 Å². The van der Waals surface area contributed by atoms with E-state index in [4.69, 9.17) is 16.3 Å². The van der Waals surface area contributed by atoms with Crippen molar-refractivity contribution < 1.29 is 14.3 Å². The molecule has 0 unspecified atom stereocenters. The predicted molar refractivity (Wildman–Crippen MR) is 78.2 cm³/mol. The van der Waals surface area contributed by atoms with Gasteiger partial charge in [0.15, 0.2) is 0 Å². The largest absolute Gasteiger partial charge is 0.467 e. The summed E-state index contributed by atoms with van der Waals surface area (Å²) in [5.74, 6) is -0.681. The fourth-order valence-electron chi connectivity index (χ4n) is 2.48. The van der Waals surface area contributed by atoms with E-state index in [2.05, 4.69) is 4.98 Å². The van der Waals surface area contributed by atoms with E-state index >= 15 is 0 Å². The van der Waals surface area contributed by atoms with Crippen LogP contribution in [0.2, 0.25) is 5.02 Å². The number of likely N-dealkylation sites (tertiary alicyclic amines) is 1. The van der Waals surface area contributed by atoms with E-state index in [-0.39, 0.29) is 17.0 Å². The van der Waals surface area contributed by atoms with Gasteiger partial charge in [-0.05, 0) is 26.6 Å². The molecule has 1 saturated heterocycles. The molecule has 2 heterocycles. The summed E-state index contributed by atoms with van der Waals surface area (Å²) in [5.41, 5.74) is 0.347. The number of hydrogen-bond donors (Lipinski definition) is 0. The van der Waals surface area contributed by atoms with Crippen LogP contribution in [0, 0.1) is 0 Å². The maximum Gasteiger partial charge on any atom is 0.328 e. The third kappa shape index (κ3) is 3.16. The van der Waals surface area contributed by atoms with Gasteiger partial charge in [0, 0.05) is 25.0 Å². The topological polar surface area (TPSA) is 62.7 Å². The highest BCUT2D eigenvalue weighted by Gasteiger charge is 2.41. The van der Waals surface area contributed by atoms with Crippen molar-refractivity contribution in [3.63, 3.8) is 0 Å². The van der Waals surface area contributed by atoms with Gasteiger partial charge >= 0.3 is 5.97 Å². The second-order valence-corrected chi connectivity index (χ2v) is 5.61. The minimum atomic E-state index is -0.584. The summed E-state index contributed by atoms with van der Waals surface area (Å²) in [5, 5.41) is 0.277. The number of nitrogens with zero attached hydrogens (tertiary/aromatic N) is 3. The molecule has 0 bridgehead atoms. The minimum Gasteiger partial charge on any atom is -0.467 e. The number of carbonyl (C=O) groups excluding carboxylic acids is 2. The molecule has 1 aromatic rings. The molecule has 0 radical (unpaired) electrons. The molecule has 6 nitrogen and oxygen atoms in total. The van der Waals surface area contributed by atoms with E-state index < -0.39 is 12.0 Å². The van der Waals surface area contributed by atoms with Gasteiger partial charge in [-0.25, -0.2) is 4.79 Å². The summed E-state index contributed by atoms with van der Waals surface area (Å²) in [4.78, 5) is 32.0. The lowest BCUT2D eigenvalue weighted by Crippen LogP contribution is -2.41. The van der Waals surface area contributed by atoms with Crippen LogP contribution in [0.15, 0.2) is 18.5 Å². The summed E-state index contributed by atoms with van der Waals surface area (Å²) >= 11 is 6.02. The Bertz CT molecular complexity index is 550. The van der Waals surface area contributed by atoms with Gasteiger partial charge in [-0.15, -0.1) is 0 Å². The maximum absolute atomic E-state index is 12.7. The summed E-state index contributed by atoms with van der Waals surface area (Å²) in [7, 11) is 5.17. The van der Waals surface area contributed by atoms with Gasteiger partial charge in [0.25, 0.3) is 5.91 Å². The molecule has 7 heteroatoms. The van der Waals surface area contributed by atoms with Crippen LogP contribution in [0.5, 0.6) is 0 Å². The maximum atomic E-state index is 12.7. The molecule has 0 N–H and O–H groups in total. The first-order valence-corrected chi connectivity index (χ1v) is 6.98. The SMILES string of the molecule is COC(=O)[C@@H]1C[C@@H](N(C)C)CN1C(=O)c1ccncc1Cl. The zero-order chi connectivity index (χ0) is 15.6. The van der Waals surface area contributed by atoms with Crippen LogP contribution in [0.4, 0.5) is 0 Å². The number of hydrogen-bond acceptors (Lipinski definition) is 5. The van der Waals surface area contributed by atoms with Gasteiger partial charge in [-0.1, -0.05) is 11.6 Å². The number of aromatic nitrogens is 1. The Morgan fingerprint density at radius 3 is 2.76 bits per heavy atom. The van der Waals surface area contributed by atoms with Crippen LogP contribution >= 0.6 is 11.6 Å². The fourth-order valence-corrected chi connectivity index (χ4v) is 2.68.